The van der Waals surface area contributed by atoms with Gasteiger partial charge in [-0.2, -0.15) is 0 Å². The summed E-state index contributed by atoms with van der Waals surface area (Å²) in [6.45, 7) is 1.42. The third kappa shape index (κ3) is 9.47. The van der Waals surface area contributed by atoms with E-state index < -0.39 is 0 Å². The van der Waals surface area contributed by atoms with Crippen LogP contribution < -0.4 is 10.6 Å². The van der Waals surface area contributed by atoms with E-state index in [9.17, 15) is 30.0 Å². The fourth-order valence-corrected chi connectivity index (χ4v) is 5.08. The van der Waals surface area contributed by atoms with Crippen LogP contribution in [0.25, 0.3) is 23.3 Å². The van der Waals surface area contributed by atoms with Crippen molar-refractivity contribution in [3.63, 3.8) is 0 Å². The third-order valence-electron chi connectivity index (χ3n) is 7.84. The van der Waals surface area contributed by atoms with Crippen molar-refractivity contribution in [2.45, 2.75) is 26.2 Å². The van der Waals surface area contributed by atoms with Crippen molar-refractivity contribution < 1.29 is 30.0 Å². The Labute approximate surface area is 297 Å². The molecule has 0 bridgehead atoms. The van der Waals surface area contributed by atoms with Crippen molar-refractivity contribution in [1.82, 2.24) is 40.6 Å². The van der Waals surface area contributed by atoms with Gasteiger partial charge in [0, 0.05) is 12.2 Å². The monoisotopic (exact) mass is 698 g/mol. The van der Waals surface area contributed by atoms with Gasteiger partial charge < -0.3 is 31.1 Å². The molecule has 0 spiro atoms. The first kappa shape index (κ1) is 34.6. The highest BCUT2D eigenvalue weighted by molar-refractivity contribution is 5.92. The lowest BCUT2D eigenvalue weighted by Gasteiger charge is -2.07. The summed E-state index contributed by atoms with van der Waals surface area (Å²) in [5.41, 5.74) is 6.54. The second-order valence-electron chi connectivity index (χ2n) is 11.8. The third-order valence-corrected chi connectivity index (χ3v) is 7.84. The molecule has 6 N–H and O–H groups in total. The van der Waals surface area contributed by atoms with E-state index in [0.29, 0.717) is 35.6 Å². The molecule has 0 radical (unpaired) electrons. The molecular weight excluding hydrogens is 664 g/mol. The van der Waals surface area contributed by atoms with Crippen molar-refractivity contribution in [2.75, 3.05) is 0 Å². The standard InChI is InChI=1S/C38H34N8O6/c47-33-13-5-25(17-35(33)49)7-15-37(51)39-19-31-23-45(43-41-31)21-27-1-9-29(10-2-27)30-11-3-28(4-12-30)22-46-24-32(42-44-46)20-40-38(52)16-8-26-6-14-34(48)36(50)18-26/h1-18,23-24,47-50H,19-22H2,(H,39,51)(H,40,52)/b15-7+,16-8+. The molecule has 6 aromatic rings. The van der Waals surface area contributed by atoms with Gasteiger partial charge in [-0.15, -0.1) is 10.2 Å². The fourth-order valence-electron chi connectivity index (χ4n) is 5.08. The fraction of sp³-hybridized carbons (Fsp3) is 0.105. The summed E-state index contributed by atoms with van der Waals surface area (Å²) in [6.07, 6.45) is 9.27. The number of hydrogen-bond acceptors (Lipinski definition) is 10. The van der Waals surface area contributed by atoms with E-state index in [1.165, 1.54) is 48.6 Å². The molecule has 2 heterocycles. The predicted octanol–water partition coefficient (Wildman–Crippen LogP) is 4.11. The van der Waals surface area contributed by atoms with Crippen molar-refractivity contribution >= 4 is 24.0 Å². The zero-order chi connectivity index (χ0) is 36.5. The summed E-state index contributed by atoms with van der Waals surface area (Å²) in [4.78, 5) is 24.4. The summed E-state index contributed by atoms with van der Waals surface area (Å²) in [5.74, 6) is -1.64. The summed E-state index contributed by atoms with van der Waals surface area (Å²) < 4.78 is 3.40. The normalized spacial score (nSPS) is 11.3. The number of rotatable bonds is 13. The van der Waals surface area contributed by atoms with E-state index in [0.717, 1.165) is 22.3 Å². The maximum absolute atomic E-state index is 12.2. The first-order valence-corrected chi connectivity index (χ1v) is 16.1. The van der Waals surface area contributed by atoms with Crippen LogP contribution in [-0.4, -0.2) is 62.2 Å². The minimum Gasteiger partial charge on any atom is -0.504 e. The van der Waals surface area contributed by atoms with Crippen LogP contribution in [0.4, 0.5) is 0 Å². The largest absolute Gasteiger partial charge is 0.504 e. The number of carbonyl (C=O) groups excluding carboxylic acids is 2. The quantitative estimate of drug-likeness (QED) is 0.0753. The Morgan fingerprint density at radius 2 is 0.962 bits per heavy atom. The molecule has 2 amide bonds. The number of carbonyl (C=O) groups is 2. The number of benzene rings is 4. The molecule has 0 saturated heterocycles. The van der Waals surface area contributed by atoms with Crippen LogP contribution in [0.15, 0.2) is 109 Å². The number of phenolic OH excluding ortho intramolecular Hbond substituents is 4. The molecule has 0 fully saturated rings. The minimum absolute atomic E-state index is 0.199. The Morgan fingerprint density at radius 1 is 0.558 bits per heavy atom. The van der Waals surface area contributed by atoms with Gasteiger partial charge in [-0.1, -0.05) is 71.1 Å². The van der Waals surface area contributed by atoms with E-state index in [-0.39, 0.29) is 47.9 Å². The van der Waals surface area contributed by atoms with Gasteiger partial charge in [-0.3, -0.25) is 9.59 Å². The molecule has 0 aliphatic rings. The number of aromatic nitrogens is 6. The van der Waals surface area contributed by atoms with Gasteiger partial charge in [0.2, 0.25) is 11.8 Å². The van der Waals surface area contributed by atoms with Crippen molar-refractivity contribution in [3.8, 4) is 34.1 Å². The number of nitrogens with zero attached hydrogens (tertiary/aromatic N) is 6. The molecule has 262 valence electrons. The lowest BCUT2D eigenvalue weighted by atomic mass is 10.0. The molecule has 14 heteroatoms. The highest BCUT2D eigenvalue weighted by Crippen LogP contribution is 2.26. The molecule has 4 aromatic carbocycles. The molecule has 6 rings (SSSR count). The summed E-state index contributed by atoms with van der Waals surface area (Å²) in [6, 6.07) is 24.9. The van der Waals surface area contributed by atoms with Crippen molar-refractivity contribution in [3.05, 3.63) is 143 Å². The van der Waals surface area contributed by atoms with Crippen LogP contribution in [0.1, 0.15) is 33.6 Å². The number of amides is 2. The number of nitrogens with one attached hydrogen (secondary N) is 2. The van der Waals surface area contributed by atoms with E-state index in [2.05, 4.69) is 31.3 Å². The second-order valence-corrected chi connectivity index (χ2v) is 11.8. The molecule has 52 heavy (non-hydrogen) atoms. The second kappa shape index (κ2) is 16.0. The highest BCUT2D eigenvalue weighted by Gasteiger charge is 2.07. The van der Waals surface area contributed by atoms with Gasteiger partial charge in [-0.05, 0) is 69.8 Å². The van der Waals surface area contributed by atoms with Gasteiger partial charge in [0.05, 0.1) is 38.6 Å². The van der Waals surface area contributed by atoms with Gasteiger partial charge in [0.15, 0.2) is 23.0 Å². The number of phenols is 4. The Morgan fingerprint density at radius 3 is 1.35 bits per heavy atom. The van der Waals surface area contributed by atoms with Crippen LogP contribution in [0, 0.1) is 0 Å². The van der Waals surface area contributed by atoms with Crippen LogP contribution in [0.3, 0.4) is 0 Å². The van der Waals surface area contributed by atoms with Crippen molar-refractivity contribution in [1.29, 1.82) is 0 Å². The Hall–Kier alpha value is -7.22. The van der Waals surface area contributed by atoms with E-state index in [1.807, 2.05) is 48.5 Å². The molecule has 0 atom stereocenters. The first-order valence-electron chi connectivity index (χ1n) is 16.1. The SMILES string of the molecule is O=C(/C=C/c1ccc(O)c(O)c1)NCc1cn(Cc2ccc(-c3ccc(Cn4cc(CNC(=O)/C=C/c5ccc(O)c(O)c5)nn4)cc3)cc2)nn1. The Kier molecular flexibility index (Phi) is 10.7. The average Bonchev–Trinajstić information content (AvgIpc) is 3.80. The molecule has 0 saturated carbocycles. The maximum atomic E-state index is 12.2. The lowest BCUT2D eigenvalue weighted by Crippen LogP contribution is -2.20. The lowest BCUT2D eigenvalue weighted by molar-refractivity contribution is -0.117. The molecule has 2 aromatic heterocycles. The van der Waals surface area contributed by atoms with Gasteiger partial charge in [0.25, 0.3) is 0 Å². The van der Waals surface area contributed by atoms with Crippen LogP contribution >= 0.6 is 0 Å². The molecule has 0 aliphatic heterocycles. The van der Waals surface area contributed by atoms with E-state index in [4.69, 9.17) is 0 Å². The summed E-state index contributed by atoms with van der Waals surface area (Å²) in [5, 5.41) is 60.1. The molecule has 0 unspecified atom stereocenters. The number of aromatic hydroxyl groups is 4. The first-order chi connectivity index (χ1) is 25.2. The Balaban J connectivity index is 0.942. The number of hydrogen-bond donors (Lipinski definition) is 6. The average molecular weight is 699 g/mol. The van der Waals surface area contributed by atoms with E-state index >= 15 is 0 Å². The smallest absolute Gasteiger partial charge is 0.244 e. The topological polar surface area (TPSA) is 201 Å². The molecular formula is C38H34N8O6. The van der Waals surface area contributed by atoms with Crippen LogP contribution in [0.2, 0.25) is 0 Å². The summed E-state index contributed by atoms with van der Waals surface area (Å²) in [7, 11) is 0. The van der Waals surface area contributed by atoms with Crippen LogP contribution in [0.5, 0.6) is 23.0 Å². The predicted molar refractivity (Wildman–Crippen MR) is 191 cm³/mol. The van der Waals surface area contributed by atoms with Crippen LogP contribution in [-0.2, 0) is 35.8 Å². The maximum Gasteiger partial charge on any atom is 0.244 e. The molecule has 0 aliphatic carbocycles. The van der Waals surface area contributed by atoms with E-state index in [1.54, 1.807) is 33.9 Å². The van der Waals surface area contributed by atoms with Crippen molar-refractivity contribution in [2.24, 2.45) is 0 Å². The highest BCUT2D eigenvalue weighted by atomic mass is 16.3. The zero-order valence-corrected chi connectivity index (χ0v) is 27.7. The van der Waals surface area contributed by atoms with Gasteiger partial charge >= 0.3 is 0 Å². The van der Waals surface area contributed by atoms with Gasteiger partial charge in [0.1, 0.15) is 11.4 Å². The van der Waals surface area contributed by atoms with Gasteiger partial charge in [-0.25, -0.2) is 9.36 Å². The summed E-state index contributed by atoms with van der Waals surface area (Å²) >= 11 is 0. The Bertz CT molecular complexity index is 2080. The minimum atomic E-state index is -0.335. The zero-order valence-electron chi connectivity index (χ0n) is 27.7. The molecule has 14 nitrogen and oxygen atoms in total.